The van der Waals surface area contributed by atoms with Crippen LogP contribution in [0.3, 0.4) is 0 Å². The van der Waals surface area contributed by atoms with Crippen molar-refractivity contribution < 1.29 is 14.4 Å². The lowest BCUT2D eigenvalue weighted by Gasteiger charge is -2.23. The van der Waals surface area contributed by atoms with Crippen LogP contribution in [0.2, 0.25) is 0 Å². The van der Waals surface area contributed by atoms with Crippen LogP contribution in [-0.2, 0) is 9.47 Å². The maximum atomic E-state index is 10.5. The highest BCUT2D eigenvalue weighted by atomic mass is 16.6. The van der Waals surface area contributed by atoms with Crippen LogP contribution in [0.25, 0.3) is 0 Å². The van der Waals surface area contributed by atoms with Gasteiger partial charge in [0.2, 0.25) is 0 Å². The van der Waals surface area contributed by atoms with E-state index in [0.717, 1.165) is 5.69 Å². The molecule has 1 aliphatic rings. The summed E-state index contributed by atoms with van der Waals surface area (Å²) in [7, 11) is 0. The Morgan fingerprint density at radius 1 is 1.35 bits per heavy atom. The van der Waals surface area contributed by atoms with Gasteiger partial charge in [-0.3, -0.25) is 10.1 Å². The molecule has 1 saturated heterocycles. The number of rotatable bonds is 4. The molecule has 1 aliphatic heterocycles. The Morgan fingerprint density at radius 3 is 2.71 bits per heavy atom. The second kappa shape index (κ2) is 5.60. The van der Waals surface area contributed by atoms with E-state index in [1.54, 1.807) is 12.1 Å². The van der Waals surface area contributed by atoms with E-state index in [9.17, 15) is 10.1 Å². The zero-order chi connectivity index (χ0) is 12.1. The van der Waals surface area contributed by atoms with Crippen molar-refractivity contribution >= 4 is 11.4 Å². The normalized spacial score (nSPS) is 19.9. The predicted molar refractivity (Wildman–Crippen MR) is 62.1 cm³/mol. The number of benzene rings is 1. The Hall–Kier alpha value is -1.66. The monoisotopic (exact) mass is 238 g/mol. The molecule has 1 atom stereocenters. The predicted octanol–water partition coefficient (Wildman–Crippen LogP) is 1.42. The second-order valence-corrected chi connectivity index (χ2v) is 3.75. The van der Waals surface area contributed by atoms with Gasteiger partial charge in [0, 0.05) is 24.4 Å². The van der Waals surface area contributed by atoms with Crippen LogP contribution >= 0.6 is 0 Å². The van der Waals surface area contributed by atoms with Gasteiger partial charge in [0.15, 0.2) is 0 Å². The van der Waals surface area contributed by atoms with Crippen molar-refractivity contribution in [1.82, 2.24) is 0 Å². The molecule has 0 radical (unpaired) electrons. The van der Waals surface area contributed by atoms with Gasteiger partial charge in [-0.2, -0.15) is 0 Å². The third kappa shape index (κ3) is 3.40. The molecule has 1 fully saturated rings. The molecule has 2 rings (SSSR count). The third-order valence-corrected chi connectivity index (χ3v) is 2.50. The Bertz CT molecular complexity index is 374. The summed E-state index contributed by atoms with van der Waals surface area (Å²) >= 11 is 0. The maximum absolute atomic E-state index is 10.5. The molecule has 0 bridgehead atoms. The molecule has 92 valence electrons. The van der Waals surface area contributed by atoms with Crippen LogP contribution in [0, 0.1) is 10.1 Å². The number of nitro groups is 1. The topological polar surface area (TPSA) is 73.6 Å². The Kier molecular flexibility index (Phi) is 3.89. The van der Waals surface area contributed by atoms with E-state index in [2.05, 4.69) is 5.32 Å². The van der Waals surface area contributed by atoms with Crippen molar-refractivity contribution in [2.45, 2.75) is 6.10 Å². The van der Waals surface area contributed by atoms with E-state index < -0.39 is 4.92 Å². The van der Waals surface area contributed by atoms with E-state index >= 15 is 0 Å². The molecule has 1 unspecified atom stereocenters. The van der Waals surface area contributed by atoms with E-state index in [-0.39, 0.29) is 11.8 Å². The van der Waals surface area contributed by atoms with Crippen molar-refractivity contribution in [3.8, 4) is 0 Å². The largest absolute Gasteiger partial charge is 0.382 e. The van der Waals surface area contributed by atoms with E-state index in [1.165, 1.54) is 12.1 Å². The Morgan fingerprint density at radius 2 is 2.12 bits per heavy atom. The molecular weight excluding hydrogens is 224 g/mol. The molecule has 0 amide bonds. The Balaban J connectivity index is 1.84. The van der Waals surface area contributed by atoms with Crippen molar-refractivity contribution in [3.63, 3.8) is 0 Å². The first-order valence-electron chi connectivity index (χ1n) is 5.43. The van der Waals surface area contributed by atoms with Gasteiger partial charge in [0.05, 0.1) is 30.8 Å². The summed E-state index contributed by atoms with van der Waals surface area (Å²) in [5.41, 5.74) is 0.928. The van der Waals surface area contributed by atoms with Gasteiger partial charge in [-0.05, 0) is 12.1 Å². The fourth-order valence-electron chi connectivity index (χ4n) is 1.59. The minimum Gasteiger partial charge on any atom is -0.382 e. The van der Waals surface area contributed by atoms with Gasteiger partial charge in [-0.15, -0.1) is 0 Å². The van der Waals surface area contributed by atoms with Crippen LogP contribution in [0.5, 0.6) is 0 Å². The number of hydrogen-bond donors (Lipinski definition) is 1. The number of non-ortho nitro benzene ring substituents is 1. The molecular formula is C11H14N2O4. The average Bonchev–Trinajstić information content (AvgIpc) is 2.38. The number of hydrogen-bond acceptors (Lipinski definition) is 5. The highest BCUT2D eigenvalue weighted by Crippen LogP contribution is 2.15. The van der Waals surface area contributed by atoms with Crippen molar-refractivity contribution in [1.29, 1.82) is 0 Å². The zero-order valence-corrected chi connectivity index (χ0v) is 9.30. The van der Waals surface area contributed by atoms with Gasteiger partial charge in [-0.1, -0.05) is 0 Å². The smallest absolute Gasteiger partial charge is 0.269 e. The van der Waals surface area contributed by atoms with Crippen molar-refractivity contribution in [3.05, 3.63) is 34.4 Å². The molecule has 0 spiro atoms. The fraction of sp³-hybridized carbons (Fsp3) is 0.455. The first-order valence-corrected chi connectivity index (χ1v) is 5.43. The second-order valence-electron chi connectivity index (χ2n) is 3.75. The Labute approximate surface area is 98.7 Å². The maximum Gasteiger partial charge on any atom is 0.269 e. The van der Waals surface area contributed by atoms with Crippen molar-refractivity contribution in [2.75, 3.05) is 31.7 Å². The molecule has 0 saturated carbocycles. The van der Waals surface area contributed by atoms with Gasteiger partial charge < -0.3 is 14.8 Å². The highest BCUT2D eigenvalue weighted by Gasteiger charge is 2.13. The average molecular weight is 238 g/mol. The number of nitrogens with one attached hydrogen (secondary N) is 1. The molecule has 1 aromatic carbocycles. The van der Waals surface area contributed by atoms with E-state index in [0.29, 0.717) is 26.4 Å². The summed E-state index contributed by atoms with van der Waals surface area (Å²) < 4.78 is 10.7. The molecule has 1 heterocycles. The molecule has 1 N–H and O–H groups in total. The van der Waals surface area contributed by atoms with Gasteiger partial charge in [0.25, 0.3) is 5.69 Å². The zero-order valence-electron chi connectivity index (χ0n) is 9.30. The fourth-order valence-corrected chi connectivity index (χ4v) is 1.59. The summed E-state index contributed by atoms with van der Waals surface area (Å²) in [6.45, 7) is 2.48. The van der Waals surface area contributed by atoms with Gasteiger partial charge in [0.1, 0.15) is 0 Å². The molecule has 1 aromatic rings. The minimum absolute atomic E-state index is 0.0407. The molecule has 6 heteroatoms. The number of nitro benzene ring substituents is 1. The summed E-state index contributed by atoms with van der Waals surface area (Å²) in [4.78, 5) is 10.1. The van der Waals surface area contributed by atoms with Gasteiger partial charge in [-0.25, -0.2) is 0 Å². The standard InChI is InChI=1S/C11H14N2O4/c14-13(15)10-3-1-9(2-4-10)12-7-11-8-16-5-6-17-11/h1-4,11-12H,5-8H2. The SMILES string of the molecule is O=[N+]([O-])c1ccc(NCC2COCCO2)cc1. The molecule has 6 nitrogen and oxygen atoms in total. The summed E-state index contributed by atoms with van der Waals surface area (Å²) in [5.74, 6) is 0. The lowest BCUT2D eigenvalue weighted by Crippen LogP contribution is -2.34. The van der Waals surface area contributed by atoms with Crippen LogP contribution in [0.4, 0.5) is 11.4 Å². The lowest BCUT2D eigenvalue weighted by atomic mass is 10.2. The number of ether oxygens (including phenoxy) is 2. The molecule has 0 aliphatic carbocycles. The van der Waals surface area contributed by atoms with Crippen LogP contribution in [0.15, 0.2) is 24.3 Å². The minimum atomic E-state index is -0.415. The van der Waals surface area contributed by atoms with Crippen LogP contribution in [0.1, 0.15) is 0 Å². The van der Waals surface area contributed by atoms with Gasteiger partial charge >= 0.3 is 0 Å². The number of nitrogens with zero attached hydrogens (tertiary/aromatic N) is 1. The summed E-state index contributed by atoms with van der Waals surface area (Å²) in [5, 5.41) is 13.6. The number of anilines is 1. The molecule has 17 heavy (non-hydrogen) atoms. The first kappa shape index (κ1) is 11.8. The van der Waals surface area contributed by atoms with E-state index in [4.69, 9.17) is 9.47 Å². The van der Waals surface area contributed by atoms with Crippen LogP contribution in [-0.4, -0.2) is 37.4 Å². The molecule has 0 aromatic heterocycles. The summed E-state index contributed by atoms with van der Waals surface area (Å²) in [6, 6.07) is 6.31. The first-order chi connectivity index (χ1) is 8.25. The van der Waals surface area contributed by atoms with Crippen LogP contribution < -0.4 is 5.32 Å². The van der Waals surface area contributed by atoms with E-state index in [1.807, 2.05) is 0 Å². The quantitative estimate of drug-likeness (QED) is 0.634. The third-order valence-electron chi connectivity index (χ3n) is 2.50. The van der Waals surface area contributed by atoms with Crippen molar-refractivity contribution in [2.24, 2.45) is 0 Å². The highest BCUT2D eigenvalue weighted by molar-refractivity contribution is 5.48. The summed E-state index contributed by atoms with van der Waals surface area (Å²) in [6.07, 6.45) is 0.0407. The lowest BCUT2D eigenvalue weighted by molar-refractivity contribution is -0.384.